The SMILES string of the molecule is COc1ccc(/C(C)=N\NC(=O)CSc2nc3ccccc3c(=O)n2-c2ccccc2C)cc1OC. The summed E-state index contributed by atoms with van der Waals surface area (Å²) in [6.07, 6.45) is 0. The van der Waals surface area contributed by atoms with Crippen molar-refractivity contribution in [2.75, 3.05) is 20.0 Å². The van der Waals surface area contributed by atoms with E-state index in [0.29, 0.717) is 33.3 Å². The number of carbonyl (C=O) groups is 1. The van der Waals surface area contributed by atoms with Crippen LogP contribution in [0, 0.1) is 6.92 Å². The monoisotopic (exact) mass is 502 g/mol. The molecule has 0 saturated heterocycles. The maximum Gasteiger partial charge on any atom is 0.266 e. The van der Waals surface area contributed by atoms with Gasteiger partial charge in [0.05, 0.1) is 42.3 Å². The molecule has 0 aliphatic carbocycles. The summed E-state index contributed by atoms with van der Waals surface area (Å²) in [4.78, 5) is 30.7. The highest BCUT2D eigenvalue weighted by atomic mass is 32.2. The first kappa shape index (κ1) is 25.0. The second-order valence-corrected chi connectivity index (χ2v) is 8.87. The minimum Gasteiger partial charge on any atom is -0.493 e. The maximum absolute atomic E-state index is 13.4. The van der Waals surface area contributed by atoms with Crippen LogP contribution in [0.15, 0.2) is 81.8 Å². The van der Waals surface area contributed by atoms with Gasteiger partial charge >= 0.3 is 0 Å². The molecule has 1 heterocycles. The molecule has 36 heavy (non-hydrogen) atoms. The number of rotatable bonds is 8. The third kappa shape index (κ3) is 5.26. The van der Waals surface area contributed by atoms with Crippen molar-refractivity contribution in [3.05, 3.63) is 88.2 Å². The Hall–Kier alpha value is -4.11. The molecule has 0 spiro atoms. The lowest BCUT2D eigenvalue weighted by atomic mass is 10.1. The molecule has 184 valence electrons. The summed E-state index contributed by atoms with van der Waals surface area (Å²) >= 11 is 1.18. The average molecular weight is 503 g/mol. The third-order valence-electron chi connectivity index (χ3n) is 5.58. The number of methoxy groups -OCH3 is 2. The summed E-state index contributed by atoms with van der Waals surface area (Å²) in [5.74, 6) is 0.887. The van der Waals surface area contributed by atoms with Gasteiger partial charge in [-0.25, -0.2) is 10.4 Å². The van der Waals surface area contributed by atoms with Crippen molar-refractivity contribution in [2.45, 2.75) is 19.0 Å². The number of thioether (sulfide) groups is 1. The molecule has 3 aromatic carbocycles. The van der Waals surface area contributed by atoms with Gasteiger partial charge in [-0.15, -0.1) is 0 Å². The lowest BCUT2D eigenvalue weighted by molar-refractivity contribution is -0.118. The number of nitrogens with zero attached hydrogens (tertiary/aromatic N) is 3. The molecular formula is C27H26N4O4S. The van der Waals surface area contributed by atoms with Crippen molar-refractivity contribution in [1.82, 2.24) is 15.0 Å². The van der Waals surface area contributed by atoms with E-state index in [9.17, 15) is 9.59 Å². The quantitative estimate of drug-likeness (QED) is 0.167. The predicted octanol–water partition coefficient (Wildman–Crippen LogP) is 4.34. The van der Waals surface area contributed by atoms with E-state index < -0.39 is 0 Å². The van der Waals surface area contributed by atoms with Crippen LogP contribution in [0.3, 0.4) is 0 Å². The van der Waals surface area contributed by atoms with E-state index in [1.54, 1.807) is 50.0 Å². The van der Waals surface area contributed by atoms with Crippen LogP contribution in [0.5, 0.6) is 11.5 Å². The summed E-state index contributed by atoms with van der Waals surface area (Å²) in [5, 5.41) is 5.17. The Labute approximate surface area is 213 Å². The largest absolute Gasteiger partial charge is 0.493 e. The van der Waals surface area contributed by atoms with E-state index in [0.717, 1.165) is 16.8 Å². The van der Waals surface area contributed by atoms with Gasteiger partial charge in [-0.3, -0.25) is 14.2 Å². The minimum absolute atomic E-state index is 0.0272. The minimum atomic E-state index is -0.321. The van der Waals surface area contributed by atoms with Gasteiger partial charge in [0, 0.05) is 5.56 Å². The van der Waals surface area contributed by atoms with Crippen molar-refractivity contribution < 1.29 is 14.3 Å². The molecule has 0 unspecified atom stereocenters. The van der Waals surface area contributed by atoms with Gasteiger partial charge in [-0.05, 0) is 55.8 Å². The molecule has 1 amide bonds. The summed E-state index contributed by atoms with van der Waals surface area (Å²) in [6.45, 7) is 3.72. The van der Waals surface area contributed by atoms with Crippen LogP contribution in [-0.2, 0) is 4.79 Å². The molecule has 1 aromatic heterocycles. The smallest absolute Gasteiger partial charge is 0.266 e. The molecule has 0 aliphatic rings. The Morgan fingerprint density at radius 2 is 1.75 bits per heavy atom. The molecule has 0 bridgehead atoms. The van der Waals surface area contributed by atoms with Gasteiger partial charge in [-0.2, -0.15) is 5.10 Å². The van der Waals surface area contributed by atoms with Crippen LogP contribution in [0.25, 0.3) is 16.6 Å². The zero-order chi connectivity index (χ0) is 25.7. The van der Waals surface area contributed by atoms with Gasteiger partial charge in [0.15, 0.2) is 16.7 Å². The van der Waals surface area contributed by atoms with Crippen molar-refractivity contribution in [1.29, 1.82) is 0 Å². The van der Waals surface area contributed by atoms with E-state index in [1.807, 2.05) is 49.4 Å². The molecule has 0 aliphatic heterocycles. The number of ether oxygens (including phenoxy) is 2. The van der Waals surface area contributed by atoms with Gasteiger partial charge in [0.2, 0.25) is 0 Å². The number of carbonyl (C=O) groups excluding carboxylic acids is 1. The summed E-state index contributed by atoms with van der Waals surface area (Å²) in [7, 11) is 3.13. The normalized spacial score (nSPS) is 11.4. The topological polar surface area (TPSA) is 94.8 Å². The number of benzene rings is 3. The second-order valence-electron chi connectivity index (χ2n) is 7.93. The number of hydrogen-bond acceptors (Lipinski definition) is 7. The van der Waals surface area contributed by atoms with Gasteiger partial charge in [-0.1, -0.05) is 42.1 Å². The Morgan fingerprint density at radius 3 is 2.50 bits per heavy atom. The van der Waals surface area contributed by atoms with Crippen LogP contribution in [0.4, 0.5) is 0 Å². The molecule has 9 heteroatoms. The van der Waals surface area contributed by atoms with Crippen LogP contribution in [0.1, 0.15) is 18.1 Å². The number of amides is 1. The standard InChI is InChI=1S/C27H26N4O4S/c1-17-9-5-8-12-22(17)31-26(33)20-10-6-7-11-21(20)28-27(31)36-16-25(32)30-29-18(2)19-13-14-23(34-3)24(15-19)35-4/h5-15H,16H2,1-4H3,(H,30,32)/b29-18-. The molecule has 8 nitrogen and oxygen atoms in total. The van der Waals surface area contributed by atoms with Crippen molar-refractivity contribution in [3.63, 3.8) is 0 Å². The zero-order valence-corrected chi connectivity index (χ0v) is 21.3. The Bertz CT molecular complexity index is 1510. The van der Waals surface area contributed by atoms with Crippen LogP contribution < -0.4 is 20.5 Å². The molecular weight excluding hydrogens is 476 g/mol. The number of nitrogens with one attached hydrogen (secondary N) is 1. The van der Waals surface area contributed by atoms with E-state index >= 15 is 0 Å². The number of para-hydroxylation sites is 2. The fourth-order valence-corrected chi connectivity index (χ4v) is 4.47. The summed E-state index contributed by atoms with van der Waals surface area (Å²) in [5.41, 5.74) is 6.03. The third-order valence-corrected chi connectivity index (χ3v) is 6.52. The predicted molar refractivity (Wildman–Crippen MR) is 143 cm³/mol. The molecule has 0 saturated carbocycles. The highest BCUT2D eigenvalue weighted by molar-refractivity contribution is 7.99. The van der Waals surface area contributed by atoms with Gasteiger partial charge in [0.1, 0.15) is 0 Å². The number of hydrogen-bond donors (Lipinski definition) is 1. The van der Waals surface area contributed by atoms with Crippen molar-refractivity contribution >= 4 is 34.3 Å². The maximum atomic E-state index is 13.4. The fraction of sp³-hybridized carbons (Fsp3) is 0.185. The lowest BCUT2D eigenvalue weighted by Crippen LogP contribution is -2.25. The first-order chi connectivity index (χ1) is 17.4. The Balaban J connectivity index is 1.56. The zero-order valence-electron chi connectivity index (χ0n) is 20.4. The first-order valence-electron chi connectivity index (χ1n) is 11.2. The van der Waals surface area contributed by atoms with Crippen LogP contribution in [0.2, 0.25) is 0 Å². The number of aromatic nitrogens is 2. The highest BCUT2D eigenvalue weighted by Crippen LogP contribution is 2.28. The second kappa shape index (κ2) is 11.1. The lowest BCUT2D eigenvalue weighted by Gasteiger charge is -2.15. The molecule has 4 rings (SSSR count). The highest BCUT2D eigenvalue weighted by Gasteiger charge is 2.16. The van der Waals surface area contributed by atoms with Crippen molar-refractivity contribution in [3.8, 4) is 17.2 Å². The Morgan fingerprint density at radius 1 is 1.03 bits per heavy atom. The van der Waals surface area contributed by atoms with E-state index in [1.165, 1.54) is 11.8 Å². The Kier molecular flexibility index (Phi) is 7.70. The number of aryl methyl sites for hydroxylation is 1. The summed E-state index contributed by atoms with van der Waals surface area (Å²) < 4.78 is 12.2. The molecule has 0 radical (unpaired) electrons. The average Bonchev–Trinajstić information content (AvgIpc) is 2.90. The van der Waals surface area contributed by atoms with Crippen LogP contribution >= 0.6 is 11.8 Å². The molecule has 0 fully saturated rings. The van der Waals surface area contributed by atoms with Crippen LogP contribution in [-0.4, -0.2) is 41.1 Å². The first-order valence-corrected chi connectivity index (χ1v) is 12.2. The molecule has 1 N–H and O–H groups in total. The molecule has 0 atom stereocenters. The van der Waals surface area contributed by atoms with E-state index in [4.69, 9.17) is 9.47 Å². The van der Waals surface area contributed by atoms with Gasteiger partial charge < -0.3 is 9.47 Å². The van der Waals surface area contributed by atoms with E-state index in [2.05, 4.69) is 15.5 Å². The number of fused-ring (bicyclic) bond motifs is 1. The fourth-order valence-electron chi connectivity index (χ4n) is 3.67. The van der Waals surface area contributed by atoms with E-state index in [-0.39, 0.29) is 17.2 Å². The molecule has 4 aromatic rings. The van der Waals surface area contributed by atoms with Gasteiger partial charge in [0.25, 0.3) is 11.5 Å². The number of hydrazone groups is 1. The summed E-state index contributed by atoms with van der Waals surface area (Å²) in [6, 6.07) is 20.2. The van der Waals surface area contributed by atoms with Crippen molar-refractivity contribution in [2.24, 2.45) is 5.10 Å².